The van der Waals surface area contributed by atoms with Crippen LogP contribution in [0.5, 0.6) is 0 Å². The van der Waals surface area contributed by atoms with Gasteiger partial charge in [0.1, 0.15) is 5.69 Å². The SMILES string of the molecule is CC(=O)c1cn(C[C@H]2C[C@@H]3CCN2C[C@@H]3C(=O)NC(C)C)nn1. The number of carbonyl (C=O) groups is 2. The average Bonchev–Trinajstić information content (AvgIpc) is 2.96. The Morgan fingerprint density at radius 3 is 2.78 bits per heavy atom. The molecular formula is C16H25N5O2. The smallest absolute Gasteiger partial charge is 0.224 e. The highest BCUT2D eigenvalue weighted by molar-refractivity contribution is 5.91. The molecule has 1 aromatic heterocycles. The number of ketones is 1. The van der Waals surface area contributed by atoms with E-state index in [0.717, 1.165) is 32.5 Å². The van der Waals surface area contributed by atoms with Crippen molar-refractivity contribution < 1.29 is 9.59 Å². The predicted molar refractivity (Wildman–Crippen MR) is 84.9 cm³/mol. The second-order valence-electron chi connectivity index (χ2n) is 7.09. The minimum atomic E-state index is -0.0628. The summed E-state index contributed by atoms with van der Waals surface area (Å²) in [6.07, 6.45) is 3.81. The van der Waals surface area contributed by atoms with Crippen molar-refractivity contribution in [1.82, 2.24) is 25.2 Å². The maximum atomic E-state index is 12.3. The fraction of sp³-hybridized carbons (Fsp3) is 0.750. The minimum absolute atomic E-state index is 0.0628. The highest BCUT2D eigenvalue weighted by Gasteiger charge is 2.43. The number of rotatable bonds is 5. The summed E-state index contributed by atoms with van der Waals surface area (Å²) in [5.74, 6) is 0.672. The molecule has 1 unspecified atom stereocenters. The third-order valence-corrected chi connectivity index (χ3v) is 4.94. The topological polar surface area (TPSA) is 80.1 Å². The molecule has 4 rings (SSSR count). The van der Waals surface area contributed by atoms with Crippen molar-refractivity contribution in [3.8, 4) is 0 Å². The van der Waals surface area contributed by atoms with Gasteiger partial charge in [-0.05, 0) is 39.2 Å². The molecule has 3 saturated heterocycles. The lowest BCUT2D eigenvalue weighted by Crippen LogP contribution is -2.58. The molecule has 0 aliphatic carbocycles. The molecule has 0 aromatic carbocycles. The molecule has 3 aliphatic rings. The number of hydrogen-bond acceptors (Lipinski definition) is 5. The molecule has 3 aliphatic heterocycles. The lowest BCUT2D eigenvalue weighted by atomic mass is 9.75. The molecule has 4 heterocycles. The number of hydrogen-bond donors (Lipinski definition) is 1. The van der Waals surface area contributed by atoms with Crippen LogP contribution in [0.15, 0.2) is 6.20 Å². The summed E-state index contributed by atoms with van der Waals surface area (Å²) in [6, 6.07) is 0.562. The van der Waals surface area contributed by atoms with Crippen molar-refractivity contribution in [1.29, 1.82) is 0 Å². The lowest BCUT2D eigenvalue weighted by Gasteiger charge is -2.49. The van der Waals surface area contributed by atoms with E-state index in [-0.39, 0.29) is 23.7 Å². The second kappa shape index (κ2) is 6.39. The van der Waals surface area contributed by atoms with Gasteiger partial charge < -0.3 is 5.32 Å². The summed E-state index contributed by atoms with van der Waals surface area (Å²) in [4.78, 5) is 26.0. The molecule has 0 saturated carbocycles. The molecule has 7 nitrogen and oxygen atoms in total. The van der Waals surface area contributed by atoms with Crippen LogP contribution < -0.4 is 5.32 Å². The third-order valence-electron chi connectivity index (χ3n) is 4.94. The quantitative estimate of drug-likeness (QED) is 0.809. The van der Waals surface area contributed by atoms with Crippen LogP contribution in [-0.4, -0.2) is 56.8 Å². The third kappa shape index (κ3) is 3.44. The van der Waals surface area contributed by atoms with Crippen molar-refractivity contribution in [3.63, 3.8) is 0 Å². The summed E-state index contributed by atoms with van der Waals surface area (Å²) in [6.45, 7) is 8.09. The average molecular weight is 319 g/mol. The normalized spacial score (nSPS) is 29.7. The first-order chi connectivity index (χ1) is 10.9. The first-order valence-corrected chi connectivity index (χ1v) is 8.39. The van der Waals surface area contributed by atoms with Gasteiger partial charge in [0.05, 0.1) is 18.7 Å². The summed E-state index contributed by atoms with van der Waals surface area (Å²) in [5.41, 5.74) is 0.412. The molecule has 2 bridgehead atoms. The van der Waals surface area contributed by atoms with Crippen LogP contribution in [0.4, 0.5) is 0 Å². The van der Waals surface area contributed by atoms with Gasteiger partial charge in [-0.25, -0.2) is 0 Å². The van der Waals surface area contributed by atoms with E-state index >= 15 is 0 Å². The van der Waals surface area contributed by atoms with E-state index in [1.807, 2.05) is 13.8 Å². The summed E-state index contributed by atoms with van der Waals surface area (Å²) < 4.78 is 1.76. The van der Waals surface area contributed by atoms with Crippen molar-refractivity contribution in [2.45, 2.75) is 52.2 Å². The van der Waals surface area contributed by atoms with Crippen molar-refractivity contribution >= 4 is 11.7 Å². The molecule has 3 fully saturated rings. The van der Waals surface area contributed by atoms with Gasteiger partial charge in [-0.3, -0.25) is 19.2 Å². The fourth-order valence-electron chi connectivity index (χ4n) is 3.78. The van der Waals surface area contributed by atoms with Gasteiger partial charge in [0.25, 0.3) is 0 Å². The van der Waals surface area contributed by atoms with Crippen LogP contribution in [0.2, 0.25) is 0 Å². The highest BCUT2D eigenvalue weighted by atomic mass is 16.2. The van der Waals surface area contributed by atoms with Crippen LogP contribution >= 0.6 is 0 Å². The number of fused-ring (bicyclic) bond motifs is 3. The Balaban J connectivity index is 1.62. The van der Waals surface area contributed by atoms with Crippen LogP contribution in [-0.2, 0) is 11.3 Å². The summed E-state index contributed by atoms with van der Waals surface area (Å²) in [7, 11) is 0. The Bertz CT molecular complexity index is 597. The van der Waals surface area contributed by atoms with E-state index in [1.54, 1.807) is 10.9 Å². The van der Waals surface area contributed by atoms with Gasteiger partial charge in [0.2, 0.25) is 5.91 Å². The number of Topliss-reactive ketones (excluding diaryl/α,β-unsaturated/α-hetero) is 1. The van der Waals surface area contributed by atoms with E-state index in [0.29, 0.717) is 17.7 Å². The van der Waals surface area contributed by atoms with Gasteiger partial charge in [-0.2, -0.15) is 0 Å². The van der Waals surface area contributed by atoms with E-state index in [9.17, 15) is 9.59 Å². The predicted octanol–water partition coefficient (Wildman–Crippen LogP) is 0.716. The molecule has 7 heteroatoms. The lowest BCUT2D eigenvalue weighted by molar-refractivity contribution is -0.133. The molecule has 1 amide bonds. The molecule has 1 N–H and O–H groups in total. The van der Waals surface area contributed by atoms with Gasteiger partial charge in [-0.1, -0.05) is 5.21 Å². The van der Waals surface area contributed by atoms with Crippen LogP contribution in [0.3, 0.4) is 0 Å². The largest absolute Gasteiger partial charge is 0.354 e. The zero-order valence-corrected chi connectivity index (χ0v) is 14.0. The number of nitrogens with one attached hydrogen (secondary N) is 1. The first kappa shape index (κ1) is 16.1. The monoisotopic (exact) mass is 319 g/mol. The molecule has 1 aromatic rings. The van der Waals surface area contributed by atoms with Gasteiger partial charge in [0, 0.05) is 25.6 Å². The Morgan fingerprint density at radius 2 is 2.22 bits per heavy atom. The summed E-state index contributed by atoms with van der Waals surface area (Å²) >= 11 is 0. The Kier molecular flexibility index (Phi) is 4.48. The molecule has 0 radical (unpaired) electrons. The highest BCUT2D eigenvalue weighted by Crippen LogP contribution is 2.36. The zero-order valence-electron chi connectivity index (χ0n) is 14.0. The molecule has 0 spiro atoms. The summed E-state index contributed by atoms with van der Waals surface area (Å²) in [5, 5.41) is 11.0. The first-order valence-electron chi connectivity index (χ1n) is 8.39. The zero-order chi connectivity index (χ0) is 16.6. The number of nitrogens with zero attached hydrogens (tertiary/aromatic N) is 4. The van der Waals surface area contributed by atoms with Crippen LogP contribution in [0.25, 0.3) is 0 Å². The Morgan fingerprint density at radius 1 is 1.43 bits per heavy atom. The maximum absolute atomic E-state index is 12.3. The Hall–Kier alpha value is -1.76. The maximum Gasteiger partial charge on any atom is 0.224 e. The van der Waals surface area contributed by atoms with E-state index in [4.69, 9.17) is 0 Å². The molecule has 4 atom stereocenters. The van der Waals surface area contributed by atoms with Crippen molar-refractivity contribution in [3.05, 3.63) is 11.9 Å². The number of piperidine rings is 3. The number of aromatic nitrogens is 3. The van der Waals surface area contributed by atoms with E-state index in [2.05, 4.69) is 20.5 Å². The van der Waals surface area contributed by atoms with Gasteiger partial charge in [0.15, 0.2) is 5.78 Å². The van der Waals surface area contributed by atoms with E-state index in [1.165, 1.54) is 6.92 Å². The fourth-order valence-corrected chi connectivity index (χ4v) is 3.78. The number of amides is 1. The van der Waals surface area contributed by atoms with Crippen LogP contribution in [0.1, 0.15) is 44.1 Å². The van der Waals surface area contributed by atoms with Crippen molar-refractivity contribution in [2.24, 2.45) is 11.8 Å². The van der Waals surface area contributed by atoms with Crippen LogP contribution in [0, 0.1) is 11.8 Å². The molecular weight excluding hydrogens is 294 g/mol. The molecule has 126 valence electrons. The van der Waals surface area contributed by atoms with Gasteiger partial charge >= 0.3 is 0 Å². The second-order valence-corrected chi connectivity index (χ2v) is 7.09. The van der Waals surface area contributed by atoms with E-state index < -0.39 is 0 Å². The van der Waals surface area contributed by atoms with Crippen molar-refractivity contribution in [2.75, 3.05) is 13.1 Å². The molecule has 23 heavy (non-hydrogen) atoms. The number of carbonyl (C=O) groups excluding carboxylic acids is 2. The van der Waals surface area contributed by atoms with Gasteiger partial charge in [-0.15, -0.1) is 5.10 Å². The Labute approximate surface area is 136 Å². The minimum Gasteiger partial charge on any atom is -0.354 e. The standard InChI is InChI=1S/C16H25N5O2/c1-10(2)17-16(23)14-8-20-5-4-12(14)6-13(20)7-21-9-15(11(3)22)18-19-21/h9-10,12-14H,4-8H2,1-3H3,(H,17,23)/t12-,13+,14-/m0/s1.